The molecule has 0 radical (unpaired) electrons. The minimum absolute atomic E-state index is 0. The molecule has 1 aromatic heterocycles. The Bertz CT molecular complexity index is 733. The van der Waals surface area contributed by atoms with Crippen molar-refractivity contribution in [2.45, 2.75) is 6.92 Å². The molecule has 0 saturated carbocycles. The van der Waals surface area contributed by atoms with E-state index in [1.54, 1.807) is 6.92 Å². The van der Waals surface area contributed by atoms with Crippen LogP contribution in [0.25, 0.3) is 20.5 Å². The molecule has 0 unspecified atom stereocenters. The first-order valence-electron chi connectivity index (χ1n) is 6.34. The summed E-state index contributed by atoms with van der Waals surface area (Å²) in [6.07, 6.45) is 0. The van der Waals surface area contributed by atoms with Gasteiger partial charge in [0.05, 0.1) is 0 Å². The zero-order valence-corrected chi connectivity index (χ0v) is 14.5. The van der Waals surface area contributed by atoms with Crippen LogP contribution in [0.15, 0.2) is 63.4 Å². The molecule has 2 nitrogen and oxygen atoms in total. The molecular weight excluding hydrogens is 399 g/mol. The standard InChI is InChI=1S/C17H13O2Te.ClH/c1-12(18)13-7-9-14(10-8-13)16-11-17(20-19-16)15-5-3-2-4-6-15;/h2-11H,1H3;1H/q+1;/p-1. The molecule has 0 N–H and O–H groups in total. The molecule has 4 heteroatoms. The van der Waals surface area contributed by atoms with Gasteiger partial charge in [-0.3, -0.25) is 0 Å². The van der Waals surface area contributed by atoms with Gasteiger partial charge in [0.15, 0.2) is 0 Å². The molecule has 3 aromatic rings. The molecule has 0 spiro atoms. The van der Waals surface area contributed by atoms with Crippen molar-refractivity contribution in [1.82, 2.24) is 0 Å². The summed E-state index contributed by atoms with van der Waals surface area (Å²) in [4.78, 5) is 11.3. The van der Waals surface area contributed by atoms with Gasteiger partial charge in [0.25, 0.3) is 0 Å². The Hall–Kier alpha value is -1.40. The van der Waals surface area contributed by atoms with Crippen molar-refractivity contribution < 1.29 is 20.0 Å². The third kappa shape index (κ3) is 3.63. The van der Waals surface area contributed by atoms with Crippen molar-refractivity contribution in [3.63, 3.8) is 0 Å². The molecule has 21 heavy (non-hydrogen) atoms. The molecule has 1 heterocycles. The molecule has 0 aliphatic carbocycles. The topological polar surface area (TPSA) is 28.4 Å². The first kappa shape index (κ1) is 16.0. The van der Waals surface area contributed by atoms with Crippen LogP contribution < -0.4 is 12.4 Å². The summed E-state index contributed by atoms with van der Waals surface area (Å²) in [5.41, 5.74) is 3.01. The number of benzene rings is 2. The van der Waals surface area contributed by atoms with Crippen LogP contribution in [0.4, 0.5) is 0 Å². The van der Waals surface area contributed by atoms with Gasteiger partial charge in [0, 0.05) is 0 Å². The van der Waals surface area contributed by atoms with Crippen molar-refractivity contribution in [1.29, 1.82) is 0 Å². The zero-order chi connectivity index (χ0) is 13.9. The van der Waals surface area contributed by atoms with Crippen LogP contribution in [0.1, 0.15) is 17.3 Å². The minimum atomic E-state index is -0.618. The summed E-state index contributed by atoms with van der Waals surface area (Å²) < 4.78 is 7.18. The number of carbonyl (C=O) groups is 1. The maximum atomic E-state index is 11.3. The van der Waals surface area contributed by atoms with E-state index in [1.807, 2.05) is 42.5 Å². The third-order valence-electron chi connectivity index (χ3n) is 3.12. The monoisotopic (exact) mass is 414 g/mol. The number of rotatable bonds is 3. The average Bonchev–Trinajstić information content (AvgIpc) is 2.98. The van der Waals surface area contributed by atoms with Gasteiger partial charge in [0.1, 0.15) is 0 Å². The van der Waals surface area contributed by atoms with Crippen molar-refractivity contribution in [3.8, 4) is 20.5 Å². The summed E-state index contributed by atoms with van der Waals surface area (Å²) in [6.45, 7) is 1.58. The summed E-state index contributed by atoms with van der Waals surface area (Å²) >= 11 is -0.618. The second kappa shape index (κ2) is 7.04. The zero-order valence-electron chi connectivity index (χ0n) is 11.4. The Labute approximate surface area is 140 Å². The molecule has 0 atom stereocenters. The largest absolute Gasteiger partial charge is 1.00 e. The number of hydrogen-bond acceptors (Lipinski definition) is 1. The Morgan fingerprint density at radius 1 is 0.952 bits per heavy atom. The van der Waals surface area contributed by atoms with Crippen LogP contribution in [0.5, 0.6) is 0 Å². The van der Waals surface area contributed by atoms with E-state index in [0.717, 1.165) is 16.9 Å². The van der Waals surface area contributed by atoms with E-state index in [2.05, 4.69) is 18.2 Å². The third-order valence-corrected chi connectivity index (χ3v) is 5.39. The van der Waals surface area contributed by atoms with Crippen LogP contribution in [0.2, 0.25) is 0 Å². The van der Waals surface area contributed by atoms with Crippen molar-refractivity contribution in [3.05, 3.63) is 66.2 Å². The Kier molecular flexibility index (Phi) is 5.36. The Morgan fingerprint density at radius 3 is 2.24 bits per heavy atom. The quantitative estimate of drug-likeness (QED) is 0.367. The van der Waals surface area contributed by atoms with Gasteiger partial charge in [-0.05, 0) is 0 Å². The van der Waals surface area contributed by atoms with Crippen LogP contribution in [0.3, 0.4) is 0 Å². The number of ketones is 1. The first-order valence-corrected chi connectivity index (χ1v) is 8.45. The van der Waals surface area contributed by atoms with Gasteiger partial charge in [-0.25, -0.2) is 0 Å². The summed E-state index contributed by atoms with van der Waals surface area (Å²) in [7, 11) is 0. The van der Waals surface area contributed by atoms with Crippen LogP contribution in [0, 0.1) is 0 Å². The average molecular weight is 412 g/mol. The second-order valence-electron chi connectivity index (χ2n) is 4.54. The molecule has 0 aliphatic rings. The van der Waals surface area contributed by atoms with Crippen molar-refractivity contribution in [2.24, 2.45) is 0 Å². The van der Waals surface area contributed by atoms with E-state index in [1.165, 1.54) is 9.14 Å². The smallest absolute Gasteiger partial charge is 1.00 e. The van der Waals surface area contributed by atoms with Gasteiger partial charge < -0.3 is 12.4 Å². The number of halogens is 1. The predicted octanol–water partition coefficient (Wildman–Crippen LogP) is 1.16. The number of carbonyl (C=O) groups excluding carboxylic acids is 1. The number of hydrogen-bond donors (Lipinski definition) is 0. The number of Topliss-reactive ketones (excluding diaryl/α,β-unsaturated/α-hetero) is 1. The predicted molar refractivity (Wildman–Crippen MR) is 80.9 cm³/mol. The van der Waals surface area contributed by atoms with E-state index >= 15 is 0 Å². The molecule has 106 valence electrons. The molecule has 0 fully saturated rings. The fourth-order valence-corrected chi connectivity index (χ4v) is 4.02. The summed E-state index contributed by atoms with van der Waals surface area (Å²) in [5, 5.41) is 0. The molecule has 3 rings (SSSR count). The summed E-state index contributed by atoms with van der Waals surface area (Å²) in [5.74, 6) is 1.00. The fraction of sp³-hybridized carbons (Fsp3) is 0.0588. The van der Waals surface area contributed by atoms with E-state index in [4.69, 9.17) is 2.76 Å². The van der Waals surface area contributed by atoms with Gasteiger partial charge in [-0.1, -0.05) is 0 Å². The van der Waals surface area contributed by atoms with Gasteiger partial charge in [0.2, 0.25) is 0 Å². The minimum Gasteiger partial charge on any atom is -1.00 e. The van der Waals surface area contributed by atoms with Gasteiger partial charge >= 0.3 is 128 Å². The Morgan fingerprint density at radius 2 is 1.62 bits per heavy atom. The molecule has 2 aromatic carbocycles. The molecular formula is C17H13ClO2Te. The van der Waals surface area contributed by atoms with Gasteiger partial charge in [-0.2, -0.15) is 0 Å². The van der Waals surface area contributed by atoms with E-state index in [-0.39, 0.29) is 18.2 Å². The van der Waals surface area contributed by atoms with Crippen LogP contribution >= 0.6 is 0 Å². The van der Waals surface area contributed by atoms with Crippen molar-refractivity contribution in [2.75, 3.05) is 0 Å². The van der Waals surface area contributed by atoms with Gasteiger partial charge in [-0.15, -0.1) is 0 Å². The second-order valence-corrected chi connectivity index (χ2v) is 6.75. The first-order chi connectivity index (χ1) is 9.74. The summed E-state index contributed by atoms with van der Waals surface area (Å²) in [6, 6.07) is 20.1. The molecule has 0 amide bonds. The molecule has 0 bridgehead atoms. The van der Waals surface area contributed by atoms with Crippen LogP contribution in [-0.4, -0.2) is 26.6 Å². The normalized spacial score (nSPS) is 9.95. The van der Waals surface area contributed by atoms with E-state index in [0.29, 0.717) is 0 Å². The maximum absolute atomic E-state index is 11.3. The van der Waals surface area contributed by atoms with Crippen molar-refractivity contribution >= 4 is 26.6 Å². The molecule has 0 aliphatic heterocycles. The van der Waals surface area contributed by atoms with Crippen LogP contribution in [-0.2, 0) is 0 Å². The van der Waals surface area contributed by atoms with E-state index < -0.39 is 20.9 Å². The fourth-order valence-electron chi connectivity index (χ4n) is 1.99. The SMILES string of the molecule is CC(=O)c1ccc(-c2cc(-c3ccccc3)[te][o+]2)cc1.[Cl-]. The maximum Gasteiger partial charge on any atom is -1.00 e. The molecule has 0 saturated heterocycles. The Balaban J connectivity index is 0.00000161. The van der Waals surface area contributed by atoms with E-state index in [9.17, 15) is 4.79 Å².